The molecule has 0 aromatic heterocycles. The lowest BCUT2D eigenvalue weighted by Gasteiger charge is -2.32. The van der Waals surface area contributed by atoms with E-state index in [9.17, 15) is 9.59 Å². The van der Waals surface area contributed by atoms with Gasteiger partial charge in [0.15, 0.2) is 0 Å². The van der Waals surface area contributed by atoms with Crippen LogP contribution in [-0.4, -0.2) is 48.2 Å². The van der Waals surface area contributed by atoms with Gasteiger partial charge in [-0.15, -0.1) is 0 Å². The third-order valence-corrected chi connectivity index (χ3v) is 2.26. The summed E-state index contributed by atoms with van der Waals surface area (Å²) in [6.07, 6.45) is -1.09. The van der Waals surface area contributed by atoms with Crippen LogP contribution in [-0.2, 0) is 14.3 Å². The molecule has 0 aliphatic carbocycles. The van der Waals surface area contributed by atoms with E-state index in [2.05, 4.69) is 11.8 Å². The lowest BCUT2D eigenvalue weighted by molar-refractivity contribution is -0.129. The van der Waals surface area contributed by atoms with E-state index in [4.69, 9.17) is 9.47 Å². The van der Waals surface area contributed by atoms with Crippen molar-refractivity contribution < 1.29 is 19.1 Å². The van der Waals surface area contributed by atoms with Gasteiger partial charge in [0.2, 0.25) is 5.78 Å². The monoisotopic (exact) mass is 253 g/mol. The Labute approximate surface area is 107 Å². The molecule has 0 aromatic carbocycles. The van der Waals surface area contributed by atoms with Crippen molar-refractivity contribution in [3.05, 3.63) is 0 Å². The summed E-state index contributed by atoms with van der Waals surface area (Å²) in [5.74, 6) is 4.66. The van der Waals surface area contributed by atoms with Crippen LogP contribution in [0.15, 0.2) is 0 Å². The molecule has 1 rings (SSSR count). The fraction of sp³-hybridized carbons (Fsp3) is 0.692. The summed E-state index contributed by atoms with van der Waals surface area (Å²) in [7, 11) is 0. The van der Waals surface area contributed by atoms with E-state index in [1.54, 1.807) is 27.7 Å². The maximum atomic E-state index is 11.8. The molecule has 0 spiro atoms. The van der Waals surface area contributed by atoms with E-state index < -0.39 is 17.8 Å². The minimum absolute atomic E-state index is 0.197. The van der Waals surface area contributed by atoms with E-state index in [0.717, 1.165) is 0 Å². The number of carbonyl (C=O) groups excluding carboxylic acids is 2. The minimum Gasteiger partial charge on any atom is -0.444 e. The van der Waals surface area contributed by atoms with E-state index in [1.807, 2.05) is 0 Å². The van der Waals surface area contributed by atoms with Gasteiger partial charge in [-0.2, -0.15) is 0 Å². The molecule has 1 amide bonds. The summed E-state index contributed by atoms with van der Waals surface area (Å²) >= 11 is 0. The molecule has 0 aromatic rings. The van der Waals surface area contributed by atoms with Gasteiger partial charge in [-0.3, -0.25) is 4.79 Å². The van der Waals surface area contributed by atoms with Crippen molar-refractivity contribution in [3.63, 3.8) is 0 Å². The normalized spacial score (nSPS) is 19.8. The van der Waals surface area contributed by atoms with E-state index in [-0.39, 0.29) is 12.3 Å². The van der Waals surface area contributed by atoms with Crippen LogP contribution in [0.3, 0.4) is 0 Å². The van der Waals surface area contributed by atoms with Gasteiger partial charge in [-0.05, 0) is 33.6 Å². The van der Waals surface area contributed by atoms with E-state index >= 15 is 0 Å². The summed E-state index contributed by atoms with van der Waals surface area (Å²) in [6.45, 7) is 7.94. The van der Waals surface area contributed by atoms with E-state index in [0.29, 0.717) is 13.2 Å². The van der Waals surface area contributed by atoms with Gasteiger partial charge in [0, 0.05) is 6.54 Å². The first-order chi connectivity index (χ1) is 8.33. The first-order valence-corrected chi connectivity index (χ1v) is 5.89. The van der Waals surface area contributed by atoms with Crippen molar-refractivity contribution in [1.29, 1.82) is 0 Å². The molecule has 1 saturated heterocycles. The Morgan fingerprint density at radius 2 is 2.06 bits per heavy atom. The van der Waals surface area contributed by atoms with Gasteiger partial charge in [0.25, 0.3) is 0 Å². The van der Waals surface area contributed by atoms with Crippen LogP contribution in [0.5, 0.6) is 0 Å². The van der Waals surface area contributed by atoms with Crippen LogP contribution >= 0.6 is 0 Å². The summed E-state index contributed by atoms with van der Waals surface area (Å²) in [4.78, 5) is 24.9. The number of hydrogen-bond acceptors (Lipinski definition) is 4. The van der Waals surface area contributed by atoms with Crippen LogP contribution in [0.4, 0.5) is 4.79 Å². The number of amides is 1. The van der Waals surface area contributed by atoms with Crippen LogP contribution in [0.25, 0.3) is 0 Å². The molecule has 1 aliphatic rings. The molecule has 100 valence electrons. The fourth-order valence-corrected chi connectivity index (χ4v) is 1.50. The second-order valence-corrected chi connectivity index (χ2v) is 5.03. The molecule has 1 aliphatic heterocycles. The number of ether oxygens (including phenoxy) is 2. The van der Waals surface area contributed by atoms with Gasteiger partial charge in [0.1, 0.15) is 11.7 Å². The van der Waals surface area contributed by atoms with Crippen LogP contribution in [0, 0.1) is 11.8 Å². The summed E-state index contributed by atoms with van der Waals surface area (Å²) < 4.78 is 10.6. The SMILES string of the molecule is CC#CC(=O)[C@H]1CN(C(=O)OC(C)(C)C)CCO1. The number of nitrogens with zero attached hydrogens (tertiary/aromatic N) is 1. The summed E-state index contributed by atoms with van der Waals surface area (Å²) in [5, 5.41) is 0. The zero-order valence-corrected chi connectivity index (χ0v) is 11.3. The minimum atomic E-state index is -0.668. The lowest BCUT2D eigenvalue weighted by atomic mass is 10.2. The molecule has 1 heterocycles. The number of rotatable bonds is 1. The number of Topliss-reactive ketones (excluding diaryl/α,β-unsaturated/α-hetero) is 1. The second-order valence-electron chi connectivity index (χ2n) is 5.03. The molecule has 1 atom stereocenters. The lowest BCUT2D eigenvalue weighted by Crippen LogP contribution is -2.49. The Bertz CT molecular complexity index is 386. The molecular formula is C13H19NO4. The molecule has 18 heavy (non-hydrogen) atoms. The second kappa shape index (κ2) is 5.87. The zero-order chi connectivity index (χ0) is 13.8. The average molecular weight is 253 g/mol. The van der Waals surface area contributed by atoms with Gasteiger partial charge in [-0.25, -0.2) is 4.79 Å². The highest BCUT2D eigenvalue weighted by Crippen LogP contribution is 2.13. The smallest absolute Gasteiger partial charge is 0.410 e. The van der Waals surface area contributed by atoms with Crippen LogP contribution < -0.4 is 0 Å². The highest BCUT2D eigenvalue weighted by Gasteiger charge is 2.30. The predicted octanol–water partition coefficient (Wildman–Crippen LogP) is 1.21. The zero-order valence-electron chi connectivity index (χ0n) is 11.3. The van der Waals surface area contributed by atoms with E-state index in [1.165, 1.54) is 4.90 Å². The highest BCUT2D eigenvalue weighted by molar-refractivity contribution is 5.99. The molecule has 0 unspecified atom stereocenters. The maximum Gasteiger partial charge on any atom is 0.410 e. The maximum absolute atomic E-state index is 11.8. The van der Waals surface area contributed by atoms with Crippen molar-refractivity contribution >= 4 is 11.9 Å². The van der Waals surface area contributed by atoms with Crippen LogP contribution in [0.2, 0.25) is 0 Å². The van der Waals surface area contributed by atoms with Gasteiger partial charge < -0.3 is 14.4 Å². The number of morpholine rings is 1. The van der Waals surface area contributed by atoms with Gasteiger partial charge >= 0.3 is 6.09 Å². The Kier molecular flexibility index (Phi) is 4.74. The number of hydrogen-bond donors (Lipinski definition) is 0. The van der Waals surface area contributed by atoms with Crippen molar-refractivity contribution in [2.75, 3.05) is 19.7 Å². The molecule has 0 bridgehead atoms. The summed E-state index contributed by atoms with van der Waals surface area (Å²) in [5.41, 5.74) is -0.544. The third-order valence-electron chi connectivity index (χ3n) is 2.26. The van der Waals surface area contributed by atoms with Crippen LogP contribution in [0.1, 0.15) is 27.7 Å². The van der Waals surface area contributed by atoms with Crippen molar-refractivity contribution in [2.24, 2.45) is 0 Å². The molecule has 1 fully saturated rings. The Balaban J connectivity index is 2.60. The number of carbonyl (C=O) groups is 2. The average Bonchev–Trinajstić information content (AvgIpc) is 2.27. The number of ketones is 1. The summed E-state index contributed by atoms with van der Waals surface area (Å²) in [6, 6.07) is 0. The Morgan fingerprint density at radius 3 is 2.61 bits per heavy atom. The third kappa shape index (κ3) is 4.38. The first kappa shape index (κ1) is 14.5. The largest absolute Gasteiger partial charge is 0.444 e. The quantitative estimate of drug-likeness (QED) is 0.521. The topological polar surface area (TPSA) is 55.8 Å². The van der Waals surface area contributed by atoms with Gasteiger partial charge in [0.05, 0.1) is 13.2 Å². The molecule has 5 heteroatoms. The van der Waals surface area contributed by atoms with Gasteiger partial charge in [-0.1, -0.05) is 5.92 Å². The molecule has 0 N–H and O–H groups in total. The van der Waals surface area contributed by atoms with Crippen molar-refractivity contribution in [3.8, 4) is 11.8 Å². The van der Waals surface area contributed by atoms with Crippen molar-refractivity contribution in [2.45, 2.75) is 39.4 Å². The first-order valence-electron chi connectivity index (χ1n) is 5.89. The molecule has 5 nitrogen and oxygen atoms in total. The highest BCUT2D eigenvalue weighted by atomic mass is 16.6. The fourth-order valence-electron chi connectivity index (χ4n) is 1.50. The molecule has 0 radical (unpaired) electrons. The Hall–Kier alpha value is -1.54. The predicted molar refractivity (Wildman–Crippen MR) is 66.0 cm³/mol. The standard InChI is InChI=1S/C13H19NO4/c1-5-6-10(15)11-9-14(7-8-17-11)12(16)18-13(2,3)4/h11H,7-9H2,1-4H3/t11-/m1/s1. The molecular weight excluding hydrogens is 234 g/mol. The Morgan fingerprint density at radius 1 is 1.39 bits per heavy atom. The molecule has 0 saturated carbocycles. The van der Waals surface area contributed by atoms with Crippen molar-refractivity contribution in [1.82, 2.24) is 4.90 Å².